The van der Waals surface area contributed by atoms with E-state index in [2.05, 4.69) is 0 Å². The van der Waals surface area contributed by atoms with E-state index in [0.29, 0.717) is 0 Å². The van der Waals surface area contributed by atoms with Gasteiger partial charge in [0.2, 0.25) is 11.6 Å². The molecule has 7 nitrogen and oxygen atoms in total. The Kier molecular flexibility index (Phi) is 6.55. The van der Waals surface area contributed by atoms with Crippen LogP contribution < -0.4 is 0 Å². The van der Waals surface area contributed by atoms with E-state index in [0.717, 1.165) is 0 Å². The van der Waals surface area contributed by atoms with Gasteiger partial charge in [-0.05, 0) is 0 Å². The largest absolute Gasteiger partial charge is 0.503 e. The van der Waals surface area contributed by atoms with Gasteiger partial charge in [-0.2, -0.15) is 8.42 Å². The molecule has 0 heterocycles. The second-order valence-corrected chi connectivity index (χ2v) is 4.59. The summed E-state index contributed by atoms with van der Waals surface area (Å²) in [4.78, 5) is 22.9. The average molecular weight is 370 g/mol. The molecule has 0 saturated heterocycles. The molecule has 0 bridgehead atoms. The number of aliphatic hydroxyl groups excluding tert-OH is 1. The molecule has 3 N–H and O–H groups in total. The summed E-state index contributed by atoms with van der Waals surface area (Å²) in [6.07, 6.45) is 0. The maximum absolute atomic E-state index is 11.5. The molecule has 0 fully saturated rings. The molecule has 0 saturated carbocycles. The predicted molar refractivity (Wildman–Crippen MR) is 64.8 cm³/mol. The van der Waals surface area contributed by atoms with Gasteiger partial charge in [-0.3, -0.25) is 18.7 Å². The zero-order valence-electron chi connectivity index (χ0n) is 9.37. The van der Waals surface area contributed by atoms with Gasteiger partial charge in [-0.15, -0.1) is 0 Å². The van der Waals surface area contributed by atoms with E-state index in [-0.39, 0.29) is 28.2 Å². The molecule has 1 aliphatic rings. The normalized spacial score (nSPS) is 13.9. The Morgan fingerprint density at radius 1 is 0.950 bits per heavy atom. The summed E-state index contributed by atoms with van der Waals surface area (Å²) < 4.78 is 31.6. The van der Waals surface area contributed by atoms with E-state index >= 15 is 0 Å². The Bertz CT molecular complexity index is 630. The second-order valence-electron chi connectivity index (χ2n) is 3.31. The number of halogens is 1. The number of aliphatic hydroxyl groups is 1. The summed E-state index contributed by atoms with van der Waals surface area (Å²) in [6, 6.07) is 6.24. The fourth-order valence-electron chi connectivity index (χ4n) is 1.33. The van der Waals surface area contributed by atoms with Crippen molar-refractivity contribution in [2.24, 2.45) is 0 Å². The minimum Gasteiger partial charge on any atom is -0.503 e. The Hall–Kier alpha value is -1.22. The van der Waals surface area contributed by atoms with Crippen LogP contribution in [0.2, 0.25) is 0 Å². The first kappa shape index (κ1) is 18.8. The summed E-state index contributed by atoms with van der Waals surface area (Å²) >= 11 is 5.50. The van der Waals surface area contributed by atoms with E-state index in [4.69, 9.17) is 29.1 Å². The molecule has 1 aromatic carbocycles. The van der Waals surface area contributed by atoms with Crippen LogP contribution in [-0.4, -0.2) is 34.2 Å². The Labute approximate surface area is 129 Å². The summed E-state index contributed by atoms with van der Waals surface area (Å²) in [5.41, 5.74) is 0.430. The van der Waals surface area contributed by atoms with E-state index in [1.165, 1.54) is 12.1 Å². The quantitative estimate of drug-likeness (QED) is 0.465. The van der Waals surface area contributed by atoms with Crippen LogP contribution in [0.1, 0.15) is 20.7 Å². The molecule has 0 aliphatic heterocycles. The zero-order chi connectivity index (χ0) is 14.8. The number of rotatable bonds is 0. The van der Waals surface area contributed by atoms with E-state index in [1.54, 1.807) is 12.1 Å². The second kappa shape index (κ2) is 6.98. The Morgan fingerprint density at radius 2 is 1.30 bits per heavy atom. The third-order valence-corrected chi connectivity index (χ3v) is 2.39. The molecular formula is C10H7ClCuO7S. The van der Waals surface area contributed by atoms with E-state index in [1.807, 2.05) is 0 Å². The van der Waals surface area contributed by atoms with Crippen LogP contribution in [0.25, 0.3) is 0 Å². The van der Waals surface area contributed by atoms with Gasteiger partial charge in [-0.1, -0.05) is 35.9 Å². The standard InChI is InChI=1S/C10H5ClO3.Cu.H2O4S/c11-7-8(12)5-3-1-2-4-6(5)9(13)10(7)14;;1-5(2,3)4/h1-4,14H;;(H2,1,2,3,4). The Balaban J connectivity index is 0.000000526. The minimum absolute atomic E-state index is 0. The van der Waals surface area contributed by atoms with Crippen LogP contribution in [0.4, 0.5) is 0 Å². The number of carbonyl (C=O) groups is 2. The van der Waals surface area contributed by atoms with Gasteiger partial charge in [0, 0.05) is 28.2 Å². The van der Waals surface area contributed by atoms with Crippen LogP contribution in [-0.2, 0) is 27.5 Å². The fraction of sp³-hybridized carbons (Fsp3) is 0. The first-order valence-corrected chi connectivity index (χ1v) is 6.37. The molecule has 113 valence electrons. The number of fused-ring (bicyclic) bond motifs is 1. The summed E-state index contributed by atoms with van der Waals surface area (Å²) in [6.45, 7) is 0. The van der Waals surface area contributed by atoms with E-state index in [9.17, 15) is 14.7 Å². The molecule has 2 rings (SSSR count). The van der Waals surface area contributed by atoms with Crippen molar-refractivity contribution in [1.29, 1.82) is 0 Å². The number of benzene rings is 1. The van der Waals surface area contributed by atoms with Gasteiger partial charge in [-0.25, -0.2) is 0 Å². The predicted octanol–water partition coefficient (Wildman–Crippen LogP) is 1.42. The van der Waals surface area contributed by atoms with Gasteiger partial charge in [0.25, 0.3) is 0 Å². The van der Waals surface area contributed by atoms with Crippen LogP contribution in [0.3, 0.4) is 0 Å². The summed E-state index contributed by atoms with van der Waals surface area (Å²) in [5, 5.41) is 8.83. The molecular weight excluding hydrogens is 363 g/mol. The van der Waals surface area contributed by atoms with Gasteiger partial charge in [0.1, 0.15) is 5.03 Å². The molecule has 0 amide bonds. The van der Waals surface area contributed by atoms with Crippen LogP contribution in [0.5, 0.6) is 0 Å². The van der Waals surface area contributed by atoms with Crippen molar-refractivity contribution in [3.63, 3.8) is 0 Å². The number of Topliss-reactive ketones (excluding diaryl/α,β-unsaturated/α-hetero) is 2. The maximum atomic E-state index is 11.5. The molecule has 1 aromatic rings. The molecule has 0 atom stereocenters. The molecule has 0 unspecified atom stereocenters. The molecule has 0 spiro atoms. The molecule has 10 heteroatoms. The summed E-state index contributed by atoms with van der Waals surface area (Å²) in [5.74, 6) is -1.79. The number of hydrogen-bond acceptors (Lipinski definition) is 5. The van der Waals surface area contributed by atoms with Gasteiger partial charge in [0.15, 0.2) is 5.76 Å². The molecule has 0 aromatic heterocycles. The van der Waals surface area contributed by atoms with Gasteiger partial charge < -0.3 is 5.11 Å². The topological polar surface area (TPSA) is 129 Å². The van der Waals surface area contributed by atoms with Crippen molar-refractivity contribution in [1.82, 2.24) is 0 Å². The first-order chi connectivity index (χ1) is 8.63. The van der Waals surface area contributed by atoms with Gasteiger partial charge >= 0.3 is 10.4 Å². The number of hydrogen-bond donors (Lipinski definition) is 3. The zero-order valence-corrected chi connectivity index (χ0v) is 11.9. The smallest absolute Gasteiger partial charge is 0.394 e. The number of allylic oxidation sites excluding steroid dienone is 2. The fourth-order valence-corrected chi connectivity index (χ4v) is 1.52. The van der Waals surface area contributed by atoms with Gasteiger partial charge in [0.05, 0.1) is 0 Å². The van der Waals surface area contributed by atoms with Crippen molar-refractivity contribution in [3.05, 3.63) is 46.2 Å². The third kappa shape index (κ3) is 4.71. The molecule has 1 radical (unpaired) electrons. The number of carbonyl (C=O) groups excluding carboxylic acids is 2. The van der Waals surface area contributed by atoms with Crippen molar-refractivity contribution in [3.8, 4) is 0 Å². The third-order valence-electron chi connectivity index (χ3n) is 2.04. The number of ketones is 2. The van der Waals surface area contributed by atoms with Crippen molar-refractivity contribution < 1.29 is 49.3 Å². The maximum Gasteiger partial charge on any atom is 0.394 e. The Morgan fingerprint density at radius 3 is 1.70 bits per heavy atom. The molecule has 20 heavy (non-hydrogen) atoms. The first-order valence-electron chi connectivity index (χ1n) is 4.60. The van der Waals surface area contributed by atoms with E-state index < -0.39 is 32.8 Å². The monoisotopic (exact) mass is 369 g/mol. The molecule has 1 aliphatic carbocycles. The van der Waals surface area contributed by atoms with Crippen molar-refractivity contribution in [2.75, 3.05) is 0 Å². The van der Waals surface area contributed by atoms with Crippen molar-refractivity contribution in [2.45, 2.75) is 0 Å². The van der Waals surface area contributed by atoms with Crippen LogP contribution in [0.15, 0.2) is 35.1 Å². The van der Waals surface area contributed by atoms with Crippen LogP contribution >= 0.6 is 11.6 Å². The SMILES string of the molecule is O=C1C(O)=C(Cl)C(=O)c2ccccc21.O=S(=O)(O)O.[Cu]. The van der Waals surface area contributed by atoms with Crippen LogP contribution in [0, 0.1) is 0 Å². The average Bonchev–Trinajstić information content (AvgIpc) is 2.32. The summed E-state index contributed by atoms with van der Waals surface area (Å²) in [7, 11) is -4.67. The minimum atomic E-state index is -4.67. The van der Waals surface area contributed by atoms with Crippen molar-refractivity contribution >= 4 is 33.6 Å².